The number of amides is 1. The molecule has 0 aliphatic carbocycles. The third-order valence-electron chi connectivity index (χ3n) is 5.45. The van der Waals surface area contributed by atoms with Crippen LogP contribution in [-0.4, -0.2) is 32.3 Å². The number of rotatable bonds is 8. The summed E-state index contributed by atoms with van der Waals surface area (Å²) in [7, 11) is 0. The van der Waals surface area contributed by atoms with E-state index in [2.05, 4.69) is 47.6 Å². The van der Waals surface area contributed by atoms with Gasteiger partial charge < -0.3 is 10.1 Å². The number of fused-ring (bicyclic) bond motifs is 1. The molecule has 1 N–H and O–H groups in total. The fourth-order valence-electron chi connectivity index (χ4n) is 3.50. The lowest BCUT2D eigenvalue weighted by molar-refractivity contribution is -0.121. The number of nitrogens with one attached hydrogen (secondary N) is 1. The molecule has 2 aromatic carbocycles. The van der Waals surface area contributed by atoms with Crippen molar-refractivity contribution in [1.29, 1.82) is 0 Å². The van der Waals surface area contributed by atoms with Gasteiger partial charge in [0.2, 0.25) is 5.91 Å². The summed E-state index contributed by atoms with van der Waals surface area (Å²) in [6, 6.07) is 17.9. The Morgan fingerprint density at radius 1 is 1.03 bits per heavy atom. The number of nitrogens with zero attached hydrogens (tertiary/aromatic N) is 4. The van der Waals surface area contributed by atoms with E-state index in [1.807, 2.05) is 43.3 Å². The molecule has 4 rings (SSSR count). The Balaban J connectivity index is 1.43. The predicted octanol–water partition coefficient (Wildman–Crippen LogP) is 4.06. The molecule has 0 radical (unpaired) electrons. The van der Waals surface area contributed by atoms with Gasteiger partial charge in [0.15, 0.2) is 11.5 Å². The van der Waals surface area contributed by atoms with Gasteiger partial charge in [0.1, 0.15) is 5.75 Å². The van der Waals surface area contributed by atoms with Gasteiger partial charge in [-0.05, 0) is 56.2 Å². The van der Waals surface area contributed by atoms with Gasteiger partial charge in [-0.3, -0.25) is 4.79 Å². The van der Waals surface area contributed by atoms with Crippen LogP contribution in [0.1, 0.15) is 35.9 Å². The zero-order chi connectivity index (χ0) is 22.5. The zero-order valence-corrected chi connectivity index (χ0v) is 18.6. The summed E-state index contributed by atoms with van der Waals surface area (Å²) in [5.41, 5.74) is 5.97. The fourth-order valence-corrected chi connectivity index (χ4v) is 3.50. The highest BCUT2D eigenvalue weighted by atomic mass is 16.5. The van der Waals surface area contributed by atoms with Crippen LogP contribution in [0.2, 0.25) is 0 Å². The Morgan fingerprint density at radius 2 is 1.88 bits per heavy atom. The van der Waals surface area contributed by atoms with Crippen molar-refractivity contribution < 1.29 is 9.53 Å². The fraction of sp³-hybridized carbons (Fsp3) is 0.280. The summed E-state index contributed by atoms with van der Waals surface area (Å²) in [6.45, 7) is 7.13. The Hall–Kier alpha value is -3.74. The summed E-state index contributed by atoms with van der Waals surface area (Å²) in [5, 5.41) is 16.1. The van der Waals surface area contributed by atoms with Gasteiger partial charge in [0.05, 0.1) is 12.3 Å². The van der Waals surface area contributed by atoms with Crippen molar-refractivity contribution in [3.05, 3.63) is 77.1 Å². The topological polar surface area (TPSA) is 81.4 Å². The molecule has 0 bridgehead atoms. The first kappa shape index (κ1) is 21.5. The highest BCUT2D eigenvalue weighted by Gasteiger charge is 2.12. The molecule has 7 heteroatoms. The minimum atomic E-state index is -0.0571. The molecule has 4 aromatic rings. The Bertz CT molecular complexity index is 1250. The van der Waals surface area contributed by atoms with Crippen molar-refractivity contribution in [3.63, 3.8) is 0 Å². The smallest absolute Gasteiger partial charge is 0.220 e. The van der Waals surface area contributed by atoms with Crippen LogP contribution in [0.3, 0.4) is 0 Å². The molecule has 32 heavy (non-hydrogen) atoms. The molecule has 164 valence electrons. The van der Waals surface area contributed by atoms with E-state index in [1.54, 1.807) is 4.52 Å². The van der Waals surface area contributed by atoms with Crippen LogP contribution in [0.5, 0.6) is 5.75 Å². The van der Waals surface area contributed by atoms with Crippen LogP contribution in [0.25, 0.3) is 16.9 Å². The second kappa shape index (κ2) is 9.60. The first-order valence-corrected chi connectivity index (χ1v) is 10.8. The van der Waals surface area contributed by atoms with Crippen LogP contribution < -0.4 is 10.1 Å². The lowest BCUT2D eigenvalue weighted by atomic mass is 10.0. The number of benzene rings is 2. The van der Waals surface area contributed by atoms with Crippen LogP contribution in [0.4, 0.5) is 0 Å². The summed E-state index contributed by atoms with van der Waals surface area (Å²) in [5.74, 6) is 1.40. The normalized spacial score (nSPS) is 11.0. The van der Waals surface area contributed by atoms with E-state index < -0.39 is 0 Å². The highest BCUT2D eigenvalue weighted by Crippen LogP contribution is 2.21. The predicted molar refractivity (Wildman–Crippen MR) is 123 cm³/mol. The van der Waals surface area contributed by atoms with Gasteiger partial charge in [-0.25, -0.2) is 0 Å². The van der Waals surface area contributed by atoms with Crippen LogP contribution in [-0.2, 0) is 17.8 Å². The molecule has 7 nitrogen and oxygen atoms in total. The number of hydrogen-bond acceptors (Lipinski definition) is 5. The molecule has 0 aliphatic rings. The van der Waals surface area contributed by atoms with Crippen molar-refractivity contribution in [2.24, 2.45) is 0 Å². The Labute approximate surface area is 187 Å². The molecule has 0 saturated carbocycles. The third-order valence-corrected chi connectivity index (χ3v) is 5.45. The minimum Gasteiger partial charge on any atom is -0.494 e. The molecule has 0 saturated heterocycles. The van der Waals surface area contributed by atoms with E-state index in [9.17, 15) is 4.79 Å². The largest absolute Gasteiger partial charge is 0.494 e. The van der Waals surface area contributed by atoms with E-state index in [0.29, 0.717) is 37.5 Å². The molecule has 2 aromatic heterocycles. The maximum atomic E-state index is 12.4. The van der Waals surface area contributed by atoms with Crippen molar-refractivity contribution in [1.82, 2.24) is 25.1 Å². The first-order valence-electron chi connectivity index (χ1n) is 10.8. The highest BCUT2D eigenvalue weighted by molar-refractivity contribution is 5.76. The van der Waals surface area contributed by atoms with Gasteiger partial charge in [0, 0.05) is 30.5 Å². The number of aromatic nitrogens is 4. The quantitative estimate of drug-likeness (QED) is 0.457. The lowest BCUT2D eigenvalue weighted by Crippen LogP contribution is -2.23. The van der Waals surface area contributed by atoms with E-state index in [1.165, 1.54) is 11.1 Å². The minimum absolute atomic E-state index is 0.0571. The average molecular weight is 430 g/mol. The second-order valence-electron chi connectivity index (χ2n) is 7.72. The summed E-state index contributed by atoms with van der Waals surface area (Å²) >= 11 is 0. The summed E-state index contributed by atoms with van der Waals surface area (Å²) in [6.07, 6.45) is 0.747. The van der Waals surface area contributed by atoms with E-state index in [0.717, 1.165) is 22.6 Å². The zero-order valence-electron chi connectivity index (χ0n) is 18.6. The number of hydrogen-bond donors (Lipinski definition) is 1. The average Bonchev–Trinajstić information content (AvgIpc) is 3.21. The van der Waals surface area contributed by atoms with Gasteiger partial charge in [-0.15, -0.1) is 10.2 Å². The number of carbonyl (C=O) groups is 1. The van der Waals surface area contributed by atoms with Gasteiger partial charge in [-0.1, -0.05) is 30.3 Å². The van der Waals surface area contributed by atoms with Crippen molar-refractivity contribution in [2.75, 3.05) is 6.61 Å². The Kier molecular flexibility index (Phi) is 6.44. The number of para-hydroxylation sites is 1. The van der Waals surface area contributed by atoms with Crippen LogP contribution >= 0.6 is 0 Å². The summed E-state index contributed by atoms with van der Waals surface area (Å²) in [4.78, 5) is 12.4. The van der Waals surface area contributed by atoms with Gasteiger partial charge in [0.25, 0.3) is 0 Å². The summed E-state index contributed by atoms with van der Waals surface area (Å²) < 4.78 is 7.34. The molecule has 1 amide bonds. The maximum absolute atomic E-state index is 12.4. The number of carbonyl (C=O) groups excluding carboxylic acids is 1. The number of aryl methyl sites for hydroxylation is 3. The SMILES string of the molecule is CCOc1ccccc1CNC(=O)CCc1nnc2ccc(-c3ccc(C)c(C)c3)nn12. The van der Waals surface area contributed by atoms with Gasteiger partial charge >= 0.3 is 0 Å². The van der Waals surface area contributed by atoms with Crippen LogP contribution in [0.15, 0.2) is 54.6 Å². The standard InChI is InChI=1S/C25H27N5O2/c1-4-32-22-8-6-5-7-20(22)16-26-25(31)14-13-24-28-27-23-12-11-21(29-30(23)24)19-10-9-17(2)18(3)15-19/h5-12,15H,4,13-14,16H2,1-3H3,(H,26,31). The molecular formula is C25H27N5O2. The van der Waals surface area contributed by atoms with Crippen molar-refractivity contribution in [3.8, 4) is 17.0 Å². The lowest BCUT2D eigenvalue weighted by Gasteiger charge is -2.10. The molecule has 0 atom stereocenters. The first-order chi connectivity index (χ1) is 15.5. The molecule has 0 aliphatic heterocycles. The molecule has 2 heterocycles. The van der Waals surface area contributed by atoms with Crippen molar-refractivity contribution >= 4 is 11.6 Å². The molecular weight excluding hydrogens is 402 g/mol. The van der Waals surface area contributed by atoms with E-state index >= 15 is 0 Å². The van der Waals surface area contributed by atoms with Crippen molar-refractivity contribution in [2.45, 2.75) is 40.2 Å². The van der Waals surface area contributed by atoms with E-state index in [4.69, 9.17) is 9.84 Å². The van der Waals surface area contributed by atoms with E-state index in [-0.39, 0.29) is 5.91 Å². The molecule has 0 fully saturated rings. The Morgan fingerprint density at radius 3 is 2.69 bits per heavy atom. The van der Waals surface area contributed by atoms with Crippen LogP contribution in [0, 0.1) is 13.8 Å². The third kappa shape index (κ3) is 4.77. The monoisotopic (exact) mass is 429 g/mol. The second-order valence-corrected chi connectivity index (χ2v) is 7.72. The maximum Gasteiger partial charge on any atom is 0.220 e. The van der Waals surface area contributed by atoms with Gasteiger partial charge in [-0.2, -0.15) is 9.61 Å². The molecule has 0 unspecified atom stereocenters. The molecule has 0 spiro atoms. The number of ether oxygens (including phenoxy) is 1.